The molecule has 0 saturated heterocycles. The van der Waals surface area contributed by atoms with Crippen LogP contribution in [0.5, 0.6) is 0 Å². The summed E-state index contributed by atoms with van der Waals surface area (Å²) in [7, 11) is 0. The Morgan fingerprint density at radius 3 is 1.10 bits per heavy atom. The van der Waals surface area contributed by atoms with Gasteiger partial charge in [-0.1, -0.05) is 0 Å². The van der Waals surface area contributed by atoms with E-state index in [1.54, 1.807) is 0 Å². The molecule has 0 nitrogen and oxygen atoms in total. The predicted molar refractivity (Wildman–Crippen MR) is 144 cm³/mol. The van der Waals surface area contributed by atoms with Crippen molar-refractivity contribution in [3.05, 3.63) is 0 Å². The van der Waals surface area contributed by atoms with Gasteiger partial charge in [0.1, 0.15) is 0 Å². The predicted octanol–water partition coefficient (Wildman–Crippen LogP) is 10.6. The zero-order valence-corrected chi connectivity index (χ0v) is 23.4. The van der Waals surface area contributed by atoms with Gasteiger partial charge in [0, 0.05) is 0 Å². The Labute approximate surface area is 189 Å². The van der Waals surface area contributed by atoms with E-state index >= 15 is 4.39 Å². The average Bonchev–Trinajstić information content (AvgIpc) is 2.74. The Morgan fingerprint density at radius 2 is 0.862 bits per heavy atom. The molecule has 29 heavy (non-hydrogen) atoms. The van der Waals surface area contributed by atoms with Crippen LogP contribution in [0.25, 0.3) is 0 Å². The van der Waals surface area contributed by atoms with Gasteiger partial charge in [-0.25, -0.2) is 0 Å². The van der Waals surface area contributed by atoms with Crippen LogP contribution in [0.15, 0.2) is 0 Å². The SMILES string of the molecule is CCCCP(CCCC)(CCCC)=C(F)P(Cl)(CCCC)(CCCC)CCCC. The summed E-state index contributed by atoms with van der Waals surface area (Å²) in [5, 5.41) is 0.441. The van der Waals surface area contributed by atoms with Crippen molar-refractivity contribution >= 4 is 29.4 Å². The van der Waals surface area contributed by atoms with Crippen LogP contribution in [-0.4, -0.2) is 42.3 Å². The Bertz CT molecular complexity index is 422. The van der Waals surface area contributed by atoms with Gasteiger partial charge < -0.3 is 0 Å². The van der Waals surface area contributed by atoms with Gasteiger partial charge in [0.15, 0.2) is 0 Å². The van der Waals surface area contributed by atoms with Crippen LogP contribution < -0.4 is 0 Å². The monoisotopic (exact) mass is 470 g/mol. The summed E-state index contributed by atoms with van der Waals surface area (Å²) >= 11 is 7.85. The van der Waals surface area contributed by atoms with Crippen LogP contribution in [0.3, 0.4) is 0 Å². The minimum atomic E-state index is -2.98. The number of halogens is 2. The van der Waals surface area contributed by atoms with Gasteiger partial charge in [-0.05, 0) is 0 Å². The molecule has 0 aliphatic heterocycles. The molecule has 0 aliphatic rings. The van der Waals surface area contributed by atoms with E-state index in [-0.39, 0.29) is 0 Å². The van der Waals surface area contributed by atoms with Crippen molar-refractivity contribution in [2.75, 3.05) is 37.0 Å². The molecule has 0 amide bonds. The molecule has 0 N–H and O–H groups in total. The maximum atomic E-state index is 17.3. The molecular weight excluding hydrogens is 417 g/mol. The molecule has 0 bridgehead atoms. The van der Waals surface area contributed by atoms with Crippen LogP contribution in [0.1, 0.15) is 119 Å². The molecule has 0 radical (unpaired) electrons. The van der Waals surface area contributed by atoms with Gasteiger partial charge in [0.2, 0.25) is 0 Å². The molecular formula is C25H54ClFP2. The van der Waals surface area contributed by atoms with Crippen LogP contribution in [0.4, 0.5) is 4.39 Å². The van der Waals surface area contributed by atoms with E-state index in [9.17, 15) is 0 Å². The molecule has 0 unspecified atom stereocenters. The van der Waals surface area contributed by atoms with Gasteiger partial charge in [-0.3, -0.25) is 0 Å². The van der Waals surface area contributed by atoms with Gasteiger partial charge in [0.05, 0.1) is 0 Å². The fraction of sp³-hybridized carbons (Fsp3) is 0.960. The van der Waals surface area contributed by atoms with Crippen molar-refractivity contribution in [2.45, 2.75) is 119 Å². The Kier molecular flexibility index (Phi) is 16.2. The maximum absolute atomic E-state index is 17.3. The summed E-state index contributed by atoms with van der Waals surface area (Å²) < 4.78 is 17.3. The quantitative estimate of drug-likeness (QED) is 0.165. The first kappa shape index (κ1) is 29.9. The van der Waals surface area contributed by atoms with E-state index in [1.807, 2.05) is 0 Å². The van der Waals surface area contributed by atoms with Crippen LogP contribution >= 0.6 is 24.1 Å². The van der Waals surface area contributed by atoms with Gasteiger partial charge in [-0.15, -0.1) is 0 Å². The number of hydrogen-bond acceptors (Lipinski definition) is 0. The van der Waals surface area contributed by atoms with Gasteiger partial charge in [0.25, 0.3) is 0 Å². The van der Waals surface area contributed by atoms with E-state index in [0.717, 1.165) is 75.5 Å². The second-order valence-electron chi connectivity index (χ2n) is 9.47. The Morgan fingerprint density at radius 1 is 0.586 bits per heavy atom. The first-order valence-electron chi connectivity index (χ1n) is 12.9. The fourth-order valence-corrected chi connectivity index (χ4v) is 21.6. The van der Waals surface area contributed by atoms with Crippen LogP contribution in [0.2, 0.25) is 0 Å². The summed E-state index contributed by atoms with van der Waals surface area (Å²) in [5.41, 5.74) is 0. The zero-order chi connectivity index (χ0) is 22.3. The average molecular weight is 471 g/mol. The molecule has 0 saturated carbocycles. The summed E-state index contributed by atoms with van der Waals surface area (Å²) in [6.07, 6.45) is 19.9. The Hall–Kier alpha value is 0.950. The molecule has 0 aliphatic carbocycles. The molecule has 0 rings (SSSR count). The van der Waals surface area contributed by atoms with E-state index in [0.29, 0.717) is 5.29 Å². The summed E-state index contributed by atoms with van der Waals surface area (Å²) in [5.74, 6) is -2.98. The fourth-order valence-electron chi connectivity index (χ4n) is 4.70. The van der Waals surface area contributed by atoms with Crippen molar-refractivity contribution in [1.29, 1.82) is 0 Å². The second kappa shape index (κ2) is 15.7. The van der Waals surface area contributed by atoms with Crippen molar-refractivity contribution in [1.82, 2.24) is 0 Å². The molecule has 178 valence electrons. The van der Waals surface area contributed by atoms with Crippen LogP contribution in [-0.2, 0) is 0 Å². The van der Waals surface area contributed by atoms with Crippen molar-refractivity contribution in [3.8, 4) is 0 Å². The summed E-state index contributed by atoms with van der Waals surface area (Å²) in [6.45, 7) is 11.7. The van der Waals surface area contributed by atoms with E-state index < -0.39 is 12.8 Å². The third-order valence-corrected chi connectivity index (χ3v) is 21.2. The van der Waals surface area contributed by atoms with Crippen molar-refractivity contribution in [2.24, 2.45) is 0 Å². The second-order valence-corrected chi connectivity index (χ2v) is 21.4. The third-order valence-electron chi connectivity index (χ3n) is 6.74. The molecule has 0 heterocycles. The topological polar surface area (TPSA) is 0 Å². The first-order chi connectivity index (χ1) is 13.8. The summed E-state index contributed by atoms with van der Waals surface area (Å²) in [6, 6.07) is 0. The molecule has 0 aromatic carbocycles. The van der Waals surface area contributed by atoms with Crippen molar-refractivity contribution in [3.63, 3.8) is 0 Å². The number of unbranched alkanes of at least 4 members (excludes halogenated alkanes) is 6. The zero-order valence-electron chi connectivity index (χ0n) is 20.9. The van der Waals surface area contributed by atoms with E-state index in [1.165, 1.54) is 38.5 Å². The van der Waals surface area contributed by atoms with Crippen LogP contribution in [0, 0.1) is 0 Å². The van der Waals surface area contributed by atoms with E-state index in [2.05, 4.69) is 41.5 Å². The molecule has 0 spiro atoms. The third kappa shape index (κ3) is 9.15. The van der Waals surface area contributed by atoms with Gasteiger partial charge in [-0.2, -0.15) is 0 Å². The first-order valence-corrected chi connectivity index (χ1v) is 19.0. The Balaban J connectivity index is 6.72. The molecule has 0 aromatic rings. The normalized spacial score (nSPS) is 14.0. The summed E-state index contributed by atoms with van der Waals surface area (Å²) in [4.78, 5) is 0. The molecule has 0 atom stereocenters. The van der Waals surface area contributed by atoms with Gasteiger partial charge >= 0.3 is 189 Å². The van der Waals surface area contributed by atoms with Crippen molar-refractivity contribution < 1.29 is 4.39 Å². The standard InChI is InChI=1S/C25H54ClFP2/c1-7-13-19-28(20-14-8-2,21-15-9-3)25(27)29(26,22-16-10-4,23-17-11-5)24-18-12-6/h7-24H2,1-6H3. The molecule has 0 aromatic heterocycles. The minimum absolute atomic E-state index is 0.441. The number of rotatable bonds is 19. The molecule has 0 fully saturated rings. The number of hydrogen-bond donors (Lipinski definition) is 0. The van der Waals surface area contributed by atoms with E-state index in [4.69, 9.17) is 11.2 Å². The molecule has 4 heteroatoms.